The fraction of sp³-hybridized carbons (Fsp3) is 0.0368. The molecule has 3 aliphatic rings. The number of hydrogen-bond acceptors (Lipinski definition) is 7. The van der Waals surface area contributed by atoms with Crippen LogP contribution in [0, 0.1) is 0 Å². The lowest BCUT2D eigenvalue weighted by Crippen LogP contribution is -2.15. The number of benzene rings is 22. The summed E-state index contributed by atoms with van der Waals surface area (Å²) >= 11 is 2.00. The Kier molecular flexibility index (Phi) is 19.0. The smallest absolute Gasteiger partial charge is 0.235 e. The standard InChI is InChI=1S/C47H28N4O.C47H32N2.C42H27N3S/c1-3-13-31(14-4-1)45-48-46(32-15-5-2-6-16-32)50-47(49-45)33-19-23-34(24-20-33)51-38-26-21-29-11-8-10-18-36(29)42(38)43-39(51)27-25-37-41-35-17-9-7-12-30(35)22-28-40(41)52-44(37)43;1-47(2)38-19-11-10-18-35(38)36-24-22-32(28-39(36)47)49-41-26-27-42-45(44(41)37-23-20-30-13-7-9-17-34(30)46(37)49)43-33-16-8-6-12-29(33)21-25-40(43)48(42)31-14-4-3-5-15-31;1-3-12-27(13-4-1)34-25-35(28-14-5-2-6-15-28)44-42(43-34)45-36-21-19-26-11-9-10-18-31(26)39(36)40-37(45)22-20-32-33-23-29-16-7-8-17-30(29)24-38(33)46-41(32)40/h1-28H;3-28H,1-2H3;1-25,32,41H. The van der Waals surface area contributed by atoms with Gasteiger partial charge in [0.2, 0.25) is 5.95 Å². The number of fused-ring (bicyclic) bond motifs is 35. The Labute approximate surface area is 849 Å². The lowest BCUT2D eigenvalue weighted by atomic mass is 9.82. The molecule has 29 aromatic rings. The number of para-hydroxylation sites is 1. The van der Waals surface area contributed by atoms with Gasteiger partial charge in [-0.25, -0.2) is 24.9 Å². The minimum absolute atomic E-state index is 0.0853. The van der Waals surface area contributed by atoms with Crippen molar-refractivity contribution in [3.63, 3.8) is 0 Å². The highest BCUT2D eigenvalue weighted by Crippen LogP contribution is 2.62. The quantitative estimate of drug-likeness (QED) is 0.142. The van der Waals surface area contributed by atoms with Crippen LogP contribution in [0.15, 0.2) is 482 Å². The molecule has 147 heavy (non-hydrogen) atoms. The van der Waals surface area contributed by atoms with E-state index in [9.17, 15) is 0 Å². The first-order valence-corrected chi connectivity index (χ1v) is 51.3. The van der Waals surface area contributed by atoms with Gasteiger partial charge in [0.15, 0.2) is 17.5 Å². The molecule has 7 aromatic heterocycles. The molecule has 688 valence electrons. The van der Waals surface area contributed by atoms with Crippen molar-refractivity contribution < 1.29 is 4.42 Å². The van der Waals surface area contributed by atoms with Crippen molar-refractivity contribution in [3.8, 4) is 90.8 Å². The number of rotatable bonds is 9. The topological polar surface area (TPSA) is 97.3 Å². The van der Waals surface area contributed by atoms with Gasteiger partial charge >= 0.3 is 0 Å². The summed E-state index contributed by atoms with van der Waals surface area (Å²) in [5, 5.41) is 26.3. The molecule has 1 aliphatic heterocycles. The molecule has 10 nitrogen and oxygen atoms in total. The molecule has 0 spiro atoms. The van der Waals surface area contributed by atoms with Gasteiger partial charge in [0.1, 0.15) is 11.2 Å². The Morgan fingerprint density at radius 1 is 0.272 bits per heavy atom. The third-order valence-electron chi connectivity index (χ3n) is 31.1. The third kappa shape index (κ3) is 13.2. The van der Waals surface area contributed by atoms with Gasteiger partial charge in [0.05, 0.1) is 61.1 Å². The highest BCUT2D eigenvalue weighted by Gasteiger charge is 2.42. The maximum atomic E-state index is 6.82. The molecule has 0 fully saturated rings. The summed E-state index contributed by atoms with van der Waals surface area (Å²) in [4.78, 5) is 26.7. The predicted molar refractivity (Wildman–Crippen MR) is 612 cm³/mol. The van der Waals surface area contributed by atoms with E-state index in [1.807, 2.05) is 84.6 Å². The van der Waals surface area contributed by atoms with Crippen LogP contribution in [0.25, 0.3) is 260 Å². The molecule has 22 aromatic carbocycles. The van der Waals surface area contributed by atoms with Crippen molar-refractivity contribution in [1.82, 2.24) is 43.2 Å². The molecule has 8 heterocycles. The molecular weight excluding hydrogens is 1810 g/mol. The molecule has 0 radical (unpaired) electrons. The molecule has 32 rings (SSSR count). The molecule has 0 bridgehead atoms. The second kappa shape index (κ2) is 33.2. The van der Waals surface area contributed by atoms with Gasteiger partial charge < -0.3 is 18.1 Å². The number of nitrogens with zero attached hydrogens (tertiary/aromatic N) is 9. The van der Waals surface area contributed by atoms with Gasteiger partial charge in [-0.2, -0.15) is 0 Å². The van der Waals surface area contributed by atoms with Gasteiger partial charge in [-0.15, -0.1) is 11.8 Å². The van der Waals surface area contributed by atoms with E-state index in [4.69, 9.17) is 29.3 Å². The monoisotopic (exact) mass is 1890 g/mol. The van der Waals surface area contributed by atoms with Crippen LogP contribution in [-0.2, 0) is 5.41 Å². The van der Waals surface area contributed by atoms with Crippen LogP contribution in [0.1, 0.15) is 53.0 Å². The van der Waals surface area contributed by atoms with Gasteiger partial charge in [0.25, 0.3) is 0 Å². The van der Waals surface area contributed by atoms with Crippen molar-refractivity contribution in [1.29, 1.82) is 0 Å². The number of hydrogen-bond donors (Lipinski definition) is 0. The summed E-state index contributed by atoms with van der Waals surface area (Å²) in [6, 6.07) is 167. The second-order valence-electron chi connectivity index (χ2n) is 39.5. The molecule has 2 aliphatic carbocycles. The maximum Gasteiger partial charge on any atom is 0.235 e. The summed E-state index contributed by atoms with van der Waals surface area (Å²) in [7, 11) is 0. The molecule has 0 N–H and O–H groups in total. The molecule has 2 unspecified atom stereocenters. The van der Waals surface area contributed by atoms with Crippen LogP contribution in [0.3, 0.4) is 0 Å². The van der Waals surface area contributed by atoms with E-state index in [0.717, 1.165) is 88.8 Å². The van der Waals surface area contributed by atoms with Crippen molar-refractivity contribution >= 4 is 181 Å². The predicted octanol–water partition coefficient (Wildman–Crippen LogP) is 35.7. The van der Waals surface area contributed by atoms with E-state index >= 15 is 0 Å². The highest BCUT2D eigenvalue weighted by molar-refractivity contribution is 8.00. The van der Waals surface area contributed by atoms with Gasteiger partial charge in [-0.05, 0) is 208 Å². The van der Waals surface area contributed by atoms with Gasteiger partial charge in [-0.1, -0.05) is 372 Å². The maximum absolute atomic E-state index is 6.82. The number of furan rings is 1. The minimum atomic E-state index is -0.0853. The van der Waals surface area contributed by atoms with Crippen molar-refractivity contribution in [2.24, 2.45) is 0 Å². The lowest BCUT2D eigenvalue weighted by molar-refractivity contribution is 0.660. The molecule has 0 saturated carbocycles. The van der Waals surface area contributed by atoms with Gasteiger partial charge in [0, 0.05) is 120 Å². The molecular formula is C136H87N9OS. The fourth-order valence-corrected chi connectivity index (χ4v) is 25.9. The first-order valence-electron chi connectivity index (χ1n) is 50.4. The normalized spacial score (nSPS) is 13.9. The van der Waals surface area contributed by atoms with Crippen LogP contribution in [0.5, 0.6) is 0 Å². The first-order chi connectivity index (χ1) is 72.7. The summed E-state index contributed by atoms with van der Waals surface area (Å²) in [5.41, 5.74) is 29.6. The molecule has 0 saturated heterocycles. The molecule has 11 heteroatoms. The lowest BCUT2D eigenvalue weighted by Gasteiger charge is -2.22. The Morgan fingerprint density at radius 2 is 0.680 bits per heavy atom. The van der Waals surface area contributed by atoms with Gasteiger partial charge in [-0.3, -0.25) is 4.57 Å². The number of thioether (sulfide) groups is 1. The summed E-state index contributed by atoms with van der Waals surface area (Å²) in [6.07, 6.45) is 4.74. The summed E-state index contributed by atoms with van der Waals surface area (Å²) in [5.74, 6) is 2.90. The number of allylic oxidation sites excluding steroid dienone is 1. The van der Waals surface area contributed by atoms with Crippen LogP contribution < -0.4 is 0 Å². The zero-order chi connectivity index (χ0) is 96.8. The Balaban J connectivity index is 0.000000102. The zero-order valence-electron chi connectivity index (χ0n) is 80.1. The minimum Gasteiger partial charge on any atom is -0.455 e. The van der Waals surface area contributed by atoms with Crippen molar-refractivity contribution in [3.05, 3.63) is 501 Å². The van der Waals surface area contributed by atoms with E-state index in [1.165, 1.54) is 174 Å². The third-order valence-corrected chi connectivity index (χ3v) is 32.4. The second-order valence-corrected chi connectivity index (χ2v) is 40.7. The van der Waals surface area contributed by atoms with E-state index in [2.05, 4.69) is 439 Å². The van der Waals surface area contributed by atoms with Crippen molar-refractivity contribution in [2.45, 2.75) is 35.3 Å². The van der Waals surface area contributed by atoms with E-state index in [0.29, 0.717) is 29.3 Å². The Hall–Kier alpha value is -18.7. The SMILES string of the molecule is C1=CC2c3cc4ccccc4cc3SC2c2c1n(-c1nc(-c3ccccc3)cc(-c3ccccc3)n1)c1ccc3ccccc3c21.CC1(C)c2ccccc2-c2ccc(-n3c4ccc5c(c6c7ccccc7ccc6n5-c5ccccc5)c4c4ccc5ccccc5c43)cc21.c1ccc(-c2nc(-c3ccccc3)nc(-c3ccc(-n4c5ccc6ccccc6c5c5c6oc7ccc8ccccc8c7c6ccc54)cc3)n2)cc1. The van der Waals surface area contributed by atoms with Crippen LogP contribution >= 0.6 is 11.8 Å². The average molecular weight is 1900 g/mol. The first kappa shape index (κ1) is 84.0. The summed E-state index contributed by atoms with van der Waals surface area (Å²) < 4.78 is 16.5. The van der Waals surface area contributed by atoms with E-state index in [-0.39, 0.29) is 10.7 Å². The molecule has 0 amide bonds. The van der Waals surface area contributed by atoms with Crippen LogP contribution in [-0.4, -0.2) is 43.2 Å². The van der Waals surface area contributed by atoms with E-state index in [1.54, 1.807) is 0 Å². The molecule has 2 atom stereocenters. The summed E-state index contributed by atoms with van der Waals surface area (Å²) in [6.45, 7) is 4.74. The number of aromatic nitrogens is 9. The van der Waals surface area contributed by atoms with E-state index < -0.39 is 0 Å². The van der Waals surface area contributed by atoms with Crippen LogP contribution in [0.4, 0.5) is 0 Å². The largest absolute Gasteiger partial charge is 0.455 e. The van der Waals surface area contributed by atoms with Crippen molar-refractivity contribution in [2.75, 3.05) is 0 Å². The Morgan fingerprint density at radius 3 is 1.27 bits per heavy atom. The zero-order valence-corrected chi connectivity index (χ0v) is 80.9. The average Bonchev–Trinajstić information content (AvgIpc) is 1.52. The highest BCUT2D eigenvalue weighted by atomic mass is 32.2. The fourth-order valence-electron chi connectivity index (χ4n) is 24.4. The van der Waals surface area contributed by atoms with Crippen LogP contribution in [0.2, 0.25) is 0 Å². The Bertz CT molecular complexity index is 10500.